The molecule has 0 unspecified atom stereocenters. The third-order valence-electron chi connectivity index (χ3n) is 4.61. The number of aromatic nitrogens is 2. The van der Waals surface area contributed by atoms with Crippen molar-refractivity contribution < 1.29 is 8.42 Å². The summed E-state index contributed by atoms with van der Waals surface area (Å²) in [5.74, 6) is 0.479. The number of hydrogen-bond donors (Lipinski definition) is 1. The van der Waals surface area contributed by atoms with Gasteiger partial charge in [0.05, 0.1) is 0 Å². The molecular formula is C12H20N4O2S. The van der Waals surface area contributed by atoms with E-state index < -0.39 is 10.0 Å². The lowest BCUT2D eigenvalue weighted by molar-refractivity contribution is 0.0353. The van der Waals surface area contributed by atoms with Crippen molar-refractivity contribution >= 4 is 10.0 Å². The van der Waals surface area contributed by atoms with E-state index in [1.165, 1.54) is 4.68 Å². The molecule has 0 radical (unpaired) electrons. The van der Waals surface area contributed by atoms with E-state index in [0.717, 1.165) is 25.7 Å². The molecule has 6 nitrogen and oxygen atoms in total. The fourth-order valence-electron chi connectivity index (χ4n) is 3.38. The Morgan fingerprint density at radius 2 is 2.16 bits per heavy atom. The van der Waals surface area contributed by atoms with Crippen LogP contribution in [0.4, 0.5) is 0 Å². The van der Waals surface area contributed by atoms with Gasteiger partial charge in [0.15, 0.2) is 5.03 Å². The Hall–Kier alpha value is -0.920. The van der Waals surface area contributed by atoms with Gasteiger partial charge in [-0.1, -0.05) is 0 Å². The van der Waals surface area contributed by atoms with Crippen molar-refractivity contribution in [3.63, 3.8) is 0 Å². The largest absolute Gasteiger partial charge is 0.329 e. The van der Waals surface area contributed by atoms with Crippen molar-refractivity contribution in [2.45, 2.75) is 36.2 Å². The average molecular weight is 284 g/mol. The molecule has 0 amide bonds. The van der Waals surface area contributed by atoms with E-state index in [4.69, 9.17) is 5.73 Å². The maximum absolute atomic E-state index is 12.7. The molecule has 19 heavy (non-hydrogen) atoms. The van der Waals surface area contributed by atoms with Crippen LogP contribution < -0.4 is 5.73 Å². The first-order valence-corrected chi connectivity index (χ1v) is 8.14. The molecule has 1 aliphatic carbocycles. The molecule has 2 N–H and O–H groups in total. The quantitative estimate of drug-likeness (QED) is 0.866. The third kappa shape index (κ3) is 1.91. The molecule has 1 aromatic rings. The molecular weight excluding hydrogens is 264 g/mol. The van der Waals surface area contributed by atoms with Crippen molar-refractivity contribution in [1.82, 2.24) is 14.1 Å². The highest BCUT2D eigenvalue weighted by molar-refractivity contribution is 7.89. The Labute approximate surface area is 113 Å². The molecule has 0 atom stereocenters. The molecule has 106 valence electrons. The molecule has 0 spiro atoms. The fraction of sp³-hybridized carbons (Fsp3) is 0.750. The average Bonchev–Trinajstić information content (AvgIpc) is 2.87. The maximum atomic E-state index is 12.7. The third-order valence-corrected chi connectivity index (χ3v) is 6.48. The second-order valence-corrected chi connectivity index (χ2v) is 7.54. The normalized spacial score (nSPS) is 31.8. The molecule has 7 heteroatoms. The lowest BCUT2D eigenvalue weighted by atomic mass is 9.72. The van der Waals surface area contributed by atoms with Crippen LogP contribution >= 0.6 is 0 Å². The summed E-state index contributed by atoms with van der Waals surface area (Å²) in [6.45, 7) is 0.988. The summed E-state index contributed by atoms with van der Waals surface area (Å²) in [5.41, 5.74) is 5.53. The number of nitrogens with zero attached hydrogens (tertiary/aromatic N) is 3. The Kier molecular flexibility index (Phi) is 2.95. The molecule has 3 heterocycles. The van der Waals surface area contributed by atoms with Gasteiger partial charge in [0.2, 0.25) is 0 Å². The van der Waals surface area contributed by atoms with E-state index in [2.05, 4.69) is 5.10 Å². The summed E-state index contributed by atoms with van der Waals surface area (Å²) < 4.78 is 28.6. The van der Waals surface area contributed by atoms with Gasteiger partial charge in [-0.3, -0.25) is 4.68 Å². The number of nitrogens with two attached hydrogens (primary N) is 1. The number of sulfonamides is 1. The second kappa shape index (κ2) is 4.29. The SMILES string of the molecule is Cn1ccc(S(=O)(=O)N2CC3CCC2(CN)CC3)n1. The molecule has 1 aromatic heterocycles. The molecule has 2 aliphatic heterocycles. The van der Waals surface area contributed by atoms with Gasteiger partial charge in [-0.2, -0.15) is 9.40 Å². The van der Waals surface area contributed by atoms with Crippen molar-refractivity contribution in [3.8, 4) is 0 Å². The zero-order valence-corrected chi connectivity index (χ0v) is 11.9. The van der Waals surface area contributed by atoms with Crippen LogP contribution in [0.3, 0.4) is 0 Å². The minimum absolute atomic E-state index is 0.135. The first-order chi connectivity index (χ1) is 8.98. The van der Waals surface area contributed by atoms with Gasteiger partial charge in [0.1, 0.15) is 0 Å². The van der Waals surface area contributed by atoms with Crippen molar-refractivity contribution in [2.24, 2.45) is 18.7 Å². The number of fused-ring (bicyclic) bond motifs is 3. The summed E-state index contributed by atoms with van der Waals surface area (Å²) in [7, 11) is -1.80. The zero-order chi connectivity index (χ0) is 13.7. The summed E-state index contributed by atoms with van der Waals surface area (Å²) in [6.07, 6.45) is 5.58. The van der Waals surface area contributed by atoms with Crippen molar-refractivity contribution in [2.75, 3.05) is 13.1 Å². The van der Waals surface area contributed by atoms with Gasteiger partial charge in [-0.15, -0.1) is 0 Å². The maximum Gasteiger partial charge on any atom is 0.262 e. The van der Waals surface area contributed by atoms with Crippen LogP contribution in [0.25, 0.3) is 0 Å². The summed E-state index contributed by atoms with van der Waals surface area (Å²) in [6, 6.07) is 1.56. The first kappa shape index (κ1) is 13.1. The molecule has 4 rings (SSSR count). The molecule has 1 saturated carbocycles. The van der Waals surface area contributed by atoms with Crippen LogP contribution in [0.1, 0.15) is 25.7 Å². The molecule has 0 aromatic carbocycles. The Morgan fingerprint density at radius 3 is 2.68 bits per heavy atom. The lowest BCUT2D eigenvalue weighted by Crippen LogP contribution is -2.63. The van der Waals surface area contributed by atoms with E-state index >= 15 is 0 Å². The minimum Gasteiger partial charge on any atom is -0.329 e. The molecule has 2 saturated heterocycles. The smallest absolute Gasteiger partial charge is 0.262 e. The van der Waals surface area contributed by atoms with Crippen LogP contribution in [-0.4, -0.2) is 41.1 Å². The summed E-state index contributed by atoms with van der Waals surface area (Å²) >= 11 is 0. The molecule has 3 fully saturated rings. The summed E-state index contributed by atoms with van der Waals surface area (Å²) in [4.78, 5) is 0. The highest BCUT2D eigenvalue weighted by Gasteiger charge is 2.51. The van der Waals surface area contributed by atoms with E-state index in [0.29, 0.717) is 19.0 Å². The van der Waals surface area contributed by atoms with Gasteiger partial charge < -0.3 is 5.73 Å². The molecule has 3 aliphatic rings. The van der Waals surface area contributed by atoms with Gasteiger partial charge in [-0.05, 0) is 37.7 Å². The van der Waals surface area contributed by atoms with Crippen molar-refractivity contribution in [1.29, 1.82) is 0 Å². The highest BCUT2D eigenvalue weighted by atomic mass is 32.2. The Bertz CT molecular complexity index is 572. The lowest BCUT2D eigenvalue weighted by Gasteiger charge is -2.52. The van der Waals surface area contributed by atoms with E-state index in [1.807, 2.05) is 0 Å². The number of rotatable bonds is 3. The standard InChI is InChI=1S/C12H20N4O2S/c1-15-7-4-11(14-15)19(17,18)16-8-10-2-5-12(16,9-13)6-3-10/h4,7,10H,2-3,5-6,8-9,13H2,1H3. The topological polar surface area (TPSA) is 81.2 Å². The molecule has 2 bridgehead atoms. The first-order valence-electron chi connectivity index (χ1n) is 6.70. The van der Waals surface area contributed by atoms with Crippen LogP contribution in [0, 0.1) is 5.92 Å². The Balaban J connectivity index is 2.01. The zero-order valence-electron chi connectivity index (χ0n) is 11.1. The highest BCUT2D eigenvalue weighted by Crippen LogP contribution is 2.44. The van der Waals surface area contributed by atoms with E-state index in [1.54, 1.807) is 23.6 Å². The van der Waals surface area contributed by atoms with Gasteiger partial charge in [0.25, 0.3) is 10.0 Å². The predicted octanol–water partition coefficient (Wildman–Crippen LogP) is 0.312. The van der Waals surface area contributed by atoms with Crippen molar-refractivity contribution in [3.05, 3.63) is 12.3 Å². The van der Waals surface area contributed by atoms with Crippen LogP contribution in [0.2, 0.25) is 0 Å². The van der Waals surface area contributed by atoms with Gasteiger partial charge in [-0.25, -0.2) is 8.42 Å². The van der Waals surface area contributed by atoms with E-state index in [-0.39, 0.29) is 10.6 Å². The fourth-order valence-corrected chi connectivity index (χ4v) is 5.24. The second-order valence-electron chi connectivity index (χ2n) is 5.74. The van der Waals surface area contributed by atoms with Crippen LogP contribution in [0.15, 0.2) is 17.3 Å². The van der Waals surface area contributed by atoms with E-state index in [9.17, 15) is 8.42 Å². The number of aryl methyl sites for hydroxylation is 1. The number of piperidine rings is 2. The monoisotopic (exact) mass is 284 g/mol. The number of hydrogen-bond acceptors (Lipinski definition) is 4. The summed E-state index contributed by atoms with van der Waals surface area (Å²) in [5, 5.41) is 4.19. The van der Waals surface area contributed by atoms with Gasteiger partial charge >= 0.3 is 0 Å². The Morgan fingerprint density at radius 1 is 1.47 bits per heavy atom. The minimum atomic E-state index is -3.52. The van der Waals surface area contributed by atoms with Crippen LogP contribution in [-0.2, 0) is 17.1 Å². The van der Waals surface area contributed by atoms with Gasteiger partial charge in [0, 0.05) is 31.9 Å². The predicted molar refractivity (Wildman–Crippen MR) is 70.8 cm³/mol. The van der Waals surface area contributed by atoms with Crippen LogP contribution in [0.5, 0.6) is 0 Å².